The monoisotopic (exact) mass is 331 g/mol. The topological polar surface area (TPSA) is 93.8 Å². The Kier molecular flexibility index (Phi) is 4.33. The number of para-hydroxylation sites is 1. The van der Waals surface area contributed by atoms with E-state index in [4.69, 9.17) is 4.84 Å². The predicted octanol–water partition coefficient (Wildman–Crippen LogP) is 2.47. The average molecular weight is 331 g/mol. The van der Waals surface area contributed by atoms with Gasteiger partial charge in [-0.15, -0.1) is 11.3 Å². The fraction of sp³-hybridized carbons (Fsp3) is 0.200. The molecular formula is C15H13N3O4S. The summed E-state index contributed by atoms with van der Waals surface area (Å²) in [5.41, 5.74) is 0.745. The molecule has 2 aromatic rings. The Balaban J connectivity index is 1.64. The maximum atomic E-state index is 12.1. The highest BCUT2D eigenvalue weighted by atomic mass is 32.1. The fourth-order valence-corrected chi connectivity index (χ4v) is 2.90. The van der Waals surface area contributed by atoms with Gasteiger partial charge in [0.05, 0.1) is 22.7 Å². The molecule has 7 nitrogen and oxygen atoms in total. The van der Waals surface area contributed by atoms with Gasteiger partial charge in [0.15, 0.2) is 0 Å². The first-order valence-electron chi connectivity index (χ1n) is 6.91. The van der Waals surface area contributed by atoms with Crippen LogP contribution in [0.15, 0.2) is 46.9 Å². The highest BCUT2D eigenvalue weighted by Gasteiger charge is 2.31. The third kappa shape index (κ3) is 3.37. The van der Waals surface area contributed by atoms with Gasteiger partial charge >= 0.3 is 0 Å². The lowest BCUT2D eigenvalue weighted by Crippen LogP contribution is -2.34. The number of rotatable bonds is 5. The van der Waals surface area contributed by atoms with Crippen molar-refractivity contribution in [2.75, 3.05) is 0 Å². The third-order valence-electron chi connectivity index (χ3n) is 3.39. The number of nitro groups is 1. The quantitative estimate of drug-likeness (QED) is 0.672. The Morgan fingerprint density at radius 3 is 2.96 bits per heavy atom. The Morgan fingerprint density at radius 2 is 2.22 bits per heavy atom. The number of thiophene rings is 1. The van der Waals surface area contributed by atoms with Crippen LogP contribution in [0.3, 0.4) is 0 Å². The largest absolute Gasteiger partial charge is 0.382 e. The summed E-state index contributed by atoms with van der Waals surface area (Å²) in [5.74, 6) is -0.282. The van der Waals surface area contributed by atoms with E-state index in [1.54, 1.807) is 29.5 Å². The molecule has 0 radical (unpaired) electrons. The smallest absolute Gasteiger partial charge is 0.278 e. The molecule has 1 amide bonds. The van der Waals surface area contributed by atoms with Crippen LogP contribution in [0.2, 0.25) is 0 Å². The van der Waals surface area contributed by atoms with Gasteiger partial charge < -0.3 is 10.2 Å². The van der Waals surface area contributed by atoms with Crippen molar-refractivity contribution in [3.8, 4) is 0 Å². The molecule has 1 aliphatic rings. The van der Waals surface area contributed by atoms with Crippen molar-refractivity contribution >= 4 is 28.6 Å². The van der Waals surface area contributed by atoms with Gasteiger partial charge in [-0.2, -0.15) is 0 Å². The average Bonchev–Trinajstić information content (AvgIpc) is 3.24. The minimum atomic E-state index is -0.759. The van der Waals surface area contributed by atoms with E-state index in [9.17, 15) is 14.9 Å². The van der Waals surface area contributed by atoms with E-state index >= 15 is 0 Å². The maximum absolute atomic E-state index is 12.1. The lowest BCUT2D eigenvalue weighted by Gasteiger charge is -2.08. The molecule has 1 N–H and O–H groups in total. The summed E-state index contributed by atoms with van der Waals surface area (Å²) in [6.07, 6.45) is -0.550. The van der Waals surface area contributed by atoms with Crippen LogP contribution in [0.4, 0.5) is 5.69 Å². The normalized spacial score (nSPS) is 16.5. The first kappa shape index (κ1) is 15.2. The summed E-state index contributed by atoms with van der Waals surface area (Å²) in [6, 6.07) is 10.1. The standard InChI is InChI=1S/C15H13N3O4S/c19-15(16-9-10-4-3-7-23-10)14-8-12(17-22-14)11-5-1-2-6-13(11)18(20)21/h1-7,14H,8-9H2,(H,16,19). The molecule has 0 bridgehead atoms. The van der Waals surface area contributed by atoms with Crippen LogP contribution in [0.1, 0.15) is 16.9 Å². The zero-order chi connectivity index (χ0) is 16.2. The Labute approximate surface area is 135 Å². The lowest BCUT2D eigenvalue weighted by molar-refractivity contribution is -0.385. The number of benzene rings is 1. The fourth-order valence-electron chi connectivity index (χ4n) is 2.26. The molecule has 8 heteroatoms. The molecule has 0 fully saturated rings. The molecular weight excluding hydrogens is 318 g/mol. The van der Waals surface area contributed by atoms with Gasteiger partial charge in [-0.05, 0) is 17.5 Å². The van der Waals surface area contributed by atoms with E-state index < -0.39 is 11.0 Å². The summed E-state index contributed by atoms with van der Waals surface area (Å²) >= 11 is 1.55. The van der Waals surface area contributed by atoms with Gasteiger partial charge in [-0.25, -0.2) is 0 Å². The molecule has 0 aliphatic carbocycles. The zero-order valence-corrected chi connectivity index (χ0v) is 12.8. The number of hydrogen-bond donors (Lipinski definition) is 1. The second kappa shape index (κ2) is 6.57. The van der Waals surface area contributed by atoms with Crippen molar-refractivity contribution in [2.24, 2.45) is 5.16 Å². The van der Waals surface area contributed by atoms with E-state index in [0.29, 0.717) is 17.8 Å². The molecule has 118 valence electrons. The van der Waals surface area contributed by atoms with Crippen LogP contribution in [0.25, 0.3) is 0 Å². The van der Waals surface area contributed by atoms with Crippen molar-refractivity contribution < 1.29 is 14.6 Å². The van der Waals surface area contributed by atoms with Crippen LogP contribution in [-0.4, -0.2) is 22.6 Å². The molecule has 0 saturated carbocycles. The van der Waals surface area contributed by atoms with Crippen molar-refractivity contribution in [1.82, 2.24) is 5.32 Å². The van der Waals surface area contributed by atoms with Crippen LogP contribution < -0.4 is 5.32 Å². The van der Waals surface area contributed by atoms with E-state index in [1.165, 1.54) is 6.07 Å². The molecule has 3 rings (SSSR count). The predicted molar refractivity (Wildman–Crippen MR) is 85.3 cm³/mol. The Morgan fingerprint density at radius 1 is 1.39 bits per heavy atom. The number of nitrogens with one attached hydrogen (secondary N) is 1. The van der Waals surface area contributed by atoms with Crippen LogP contribution >= 0.6 is 11.3 Å². The first-order valence-corrected chi connectivity index (χ1v) is 7.79. The molecule has 1 aliphatic heterocycles. The summed E-state index contributed by atoms with van der Waals surface area (Å²) in [6.45, 7) is 0.428. The van der Waals surface area contributed by atoms with Gasteiger partial charge in [0.25, 0.3) is 11.6 Å². The maximum Gasteiger partial charge on any atom is 0.278 e. The van der Waals surface area contributed by atoms with Gasteiger partial charge in [0.1, 0.15) is 0 Å². The van der Waals surface area contributed by atoms with E-state index in [2.05, 4.69) is 10.5 Å². The molecule has 1 atom stereocenters. The van der Waals surface area contributed by atoms with Gasteiger partial charge in [0, 0.05) is 17.4 Å². The number of oxime groups is 1. The second-order valence-corrected chi connectivity index (χ2v) is 5.94. The van der Waals surface area contributed by atoms with Crippen LogP contribution in [0.5, 0.6) is 0 Å². The minimum Gasteiger partial charge on any atom is -0.382 e. The summed E-state index contributed by atoms with van der Waals surface area (Å²) in [4.78, 5) is 28.9. The van der Waals surface area contributed by atoms with Crippen molar-refractivity contribution in [1.29, 1.82) is 0 Å². The van der Waals surface area contributed by atoms with Crippen molar-refractivity contribution in [2.45, 2.75) is 19.1 Å². The summed E-state index contributed by atoms with van der Waals surface area (Å²) in [7, 11) is 0. The number of hydrogen-bond acceptors (Lipinski definition) is 6. The minimum absolute atomic E-state index is 0.0468. The van der Waals surface area contributed by atoms with Gasteiger partial charge in [-0.1, -0.05) is 23.4 Å². The molecule has 1 aromatic heterocycles. The molecule has 1 unspecified atom stereocenters. The second-order valence-electron chi connectivity index (χ2n) is 4.91. The summed E-state index contributed by atoms with van der Waals surface area (Å²) in [5, 5.41) is 19.6. The SMILES string of the molecule is O=C(NCc1cccs1)C1CC(c2ccccc2[N+](=O)[O-])=NO1. The van der Waals surface area contributed by atoms with E-state index in [0.717, 1.165) is 4.88 Å². The molecule has 1 aromatic carbocycles. The number of carbonyl (C=O) groups is 1. The van der Waals surface area contributed by atoms with Crippen molar-refractivity contribution in [3.05, 3.63) is 62.3 Å². The van der Waals surface area contributed by atoms with E-state index in [-0.39, 0.29) is 18.0 Å². The number of amides is 1. The highest BCUT2D eigenvalue weighted by molar-refractivity contribution is 7.09. The number of carbonyl (C=O) groups excluding carboxylic acids is 1. The van der Waals surface area contributed by atoms with Crippen LogP contribution in [-0.2, 0) is 16.2 Å². The van der Waals surface area contributed by atoms with Gasteiger partial charge in [-0.3, -0.25) is 14.9 Å². The Bertz CT molecular complexity index is 758. The third-order valence-corrected chi connectivity index (χ3v) is 4.27. The zero-order valence-electron chi connectivity index (χ0n) is 12.0. The lowest BCUT2D eigenvalue weighted by atomic mass is 10.0. The molecule has 23 heavy (non-hydrogen) atoms. The number of nitro benzene ring substituents is 1. The molecule has 2 heterocycles. The van der Waals surface area contributed by atoms with Crippen molar-refractivity contribution in [3.63, 3.8) is 0 Å². The van der Waals surface area contributed by atoms with Gasteiger partial charge in [0.2, 0.25) is 6.10 Å². The molecule has 0 spiro atoms. The first-order chi connectivity index (χ1) is 11.1. The highest BCUT2D eigenvalue weighted by Crippen LogP contribution is 2.24. The Hall–Kier alpha value is -2.74. The number of nitrogens with zero attached hydrogens (tertiary/aromatic N) is 2. The molecule has 0 saturated heterocycles. The van der Waals surface area contributed by atoms with E-state index in [1.807, 2.05) is 17.5 Å². The van der Waals surface area contributed by atoms with Crippen LogP contribution in [0, 0.1) is 10.1 Å². The summed E-state index contributed by atoms with van der Waals surface area (Å²) < 4.78 is 0.